The highest BCUT2D eigenvalue weighted by atomic mass is 19.1. The van der Waals surface area contributed by atoms with Gasteiger partial charge in [0.2, 0.25) is 0 Å². The third kappa shape index (κ3) is 7.20. The first-order valence-electron chi connectivity index (χ1n) is 21.6. The molecule has 4 aromatic rings. The number of nitrogens with one attached hydrogen (secondary N) is 5. The van der Waals surface area contributed by atoms with Crippen molar-refractivity contribution >= 4 is 52.4 Å². The summed E-state index contributed by atoms with van der Waals surface area (Å²) in [5, 5.41) is 37.7. The normalized spacial score (nSPS) is 29.0. The second kappa shape index (κ2) is 16.1. The van der Waals surface area contributed by atoms with E-state index in [1.807, 2.05) is 0 Å². The molecule has 3 saturated carbocycles. The zero-order valence-electron chi connectivity index (χ0n) is 37.4. The summed E-state index contributed by atoms with van der Waals surface area (Å²) in [7, 11) is 6.62. The first-order chi connectivity index (χ1) is 30.6. The Labute approximate surface area is 374 Å². The Bertz CT molecular complexity index is 2710. The molecule has 8 atom stereocenters. The van der Waals surface area contributed by atoms with Gasteiger partial charge in [0, 0.05) is 89.0 Å². The third-order valence-electron chi connectivity index (χ3n) is 14.8. The summed E-state index contributed by atoms with van der Waals surface area (Å²) in [6.45, 7) is 5.22. The molecule has 4 aliphatic carbocycles. The third-order valence-corrected chi connectivity index (χ3v) is 14.8. The van der Waals surface area contributed by atoms with Crippen molar-refractivity contribution < 1.29 is 43.4 Å². The van der Waals surface area contributed by atoms with Gasteiger partial charge in [-0.05, 0) is 74.8 Å². The van der Waals surface area contributed by atoms with E-state index in [1.54, 1.807) is 89.0 Å². The van der Waals surface area contributed by atoms with Crippen LogP contribution in [0, 0.1) is 28.6 Å². The lowest BCUT2D eigenvalue weighted by Gasteiger charge is -2.62. The molecule has 0 aliphatic heterocycles. The number of aryl methyl sites for hydroxylation is 4. The van der Waals surface area contributed by atoms with Crippen LogP contribution in [0.1, 0.15) is 88.5 Å². The van der Waals surface area contributed by atoms with E-state index in [1.165, 1.54) is 45.7 Å². The molecule has 5 amide bonds. The van der Waals surface area contributed by atoms with Crippen LogP contribution in [-0.4, -0.2) is 99.2 Å². The molecule has 18 nitrogen and oxygen atoms in total. The first kappa shape index (κ1) is 45.0. The molecule has 0 bridgehead atoms. The molecule has 7 N–H and O–H groups in total. The number of halogens is 1. The Kier molecular flexibility index (Phi) is 11.2. The van der Waals surface area contributed by atoms with Crippen LogP contribution >= 0.6 is 0 Å². The second-order valence-electron chi connectivity index (χ2n) is 18.6. The van der Waals surface area contributed by atoms with Crippen molar-refractivity contribution in [1.82, 2.24) is 33.9 Å². The lowest BCUT2D eigenvalue weighted by molar-refractivity contribution is -0.219. The maximum Gasteiger partial charge on any atom is 0.291 e. The lowest BCUT2D eigenvalue weighted by Crippen LogP contribution is -2.70. The van der Waals surface area contributed by atoms with E-state index < -0.39 is 75.5 Å². The minimum Gasteiger partial charge on any atom is -0.390 e. The smallest absolute Gasteiger partial charge is 0.291 e. The van der Waals surface area contributed by atoms with Crippen LogP contribution in [0.25, 0.3) is 0 Å². The monoisotopic (exact) mass is 894 g/mol. The zero-order valence-corrected chi connectivity index (χ0v) is 37.4. The highest BCUT2D eigenvalue weighted by Crippen LogP contribution is 2.70. The fourth-order valence-corrected chi connectivity index (χ4v) is 11.3. The molecule has 65 heavy (non-hydrogen) atoms. The average Bonchev–Trinajstić information content (AvgIpc) is 4.06. The van der Waals surface area contributed by atoms with E-state index in [0.29, 0.717) is 41.9 Å². The van der Waals surface area contributed by atoms with Gasteiger partial charge in [-0.2, -0.15) is 0 Å². The number of carbonyl (C=O) groups excluding carboxylic acids is 6. The summed E-state index contributed by atoms with van der Waals surface area (Å²) in [6, 6.07) is 4.51. The van der Waals surface area contributed by atoms with Gasteiger partial charge in [-0.1, -0.05) is 25.5 Å². The minimum absolute atomic E-state index is 0.00102. The Morgan fingerprint density at radius 3 is 1.89 bits per heavy atom. The van der Waals surface area contributed by atoms with Crippen LogP contribution in [0.5, 0.6) is 0 Å². The summed E-state index contributed by atoms with van der Waals surface area (Å²) in [4.78, 5) is 82.7. The molecule has 4 aliphatic rings. The maximum absolute atomic E-state index is 17.5. The molecule has 3 fully saturated rings. The Hall–Kier alpha value is -6.60. The summed E-state index contributed by atoms with van der Waals surface area (Å²) < 4.78 is 23.7. The molecule has 19 heteroatoms. The van der Waals surface area contributed by atoms with Crippen molar-refractivity contribution in [2.45, 2.75) is 63.8 Å². The Balaban J connectivity index is 0.846. The van der Waals surface area contributed by atoms with Gasteiger partial charge in [-0.25, -0.2) is 9.37 Å². The van der Waals surface area contributed by atoms with Crippen LogP contribution < -0.4 is 26.6 Å². The lowest BCUT2D eigenvalue weighted by atomic mass is 9.44. The summed E-state index contributed by atoms with van der Waals surface area (Å²) in [5.41, 5.74) is -3.97. The average molecular weight is 895 g/mol. The number of ketones is 1. The summed E-state index contributed by atoms with van der Waals surface area (Å²) >= 11 is 0. The summed E-state index contributed by atoms with van der Waals surface area (Å²) in [5.74, 6) is -4.20. The number of amides is 5. The molecular formula is C46H55FN10O8. The molecule has 0 radical (unpaired) electrons. The first-order valence-corrected chi connectivity index (χ1v) is 21.6. The molecule has 344 valence electrons. The van der Waals surface area contributed by atoms with E-state index in [4.69, 9.17) is 0 Å². The molecule has 8 rings (SSSR count). The number of nitrogens with zero attached hydrogens (tertiary/aromatic N) is 5. The van der Waals surface area contributed by atoms with Gasteiger partial charge in [0.15, 0.2) is 22.9 Å². The van der Waals surface area contributed by atoms with Crippen molar-refractivity contribution in [2.75, 3.05) is 29.0 Å². The number of fused-ring (bicyclic) bond motifs is 5. The Morgan fingerprint density at radius 1 is 0.800 bits per heavy atom. The van der Waals surface area contributed by atoms with E-state index in [-0.39, 0.29) is 48.2 Å². The number of hydrogen-bond acceptors (Lipinski definition) is 9. The van der Waals surface area contributed by atoms with Gasteiger partial charge in [0.1, 0.15) is 17.1 Å². The molecule has 0 spiro atoms. The zero-order chi connectivity index (χ0) is 47.0. The van der Waals surface area contributed by atoms with Crippen LogP contribution in [0.2, 0.25) is 0 Å². The molecule has 0 unspecified atom stereocenters. The standard InChI is InChI=1S/C46H55FN10O8/c1-25-16-32-31-9-8-26-17-30(58)10-11-43(26,2)45(31,47)36(59)21-44(32,3)46(25,65)42(64)50-13-12-49-38(60)33-18-27(22-55(33)5)51-39(61)34-19-28(23-56(34)6)52-40(62)35-20-29(24-57(35)7)53-41(63)37-48-14-15-54(37)4/h10-11,14-15,17-20,22-25,31-32,36,59,65H,8-9,12-13,16,21H2,1-7H3,(H,49,60)(H,50,64)(H,51,61)(H,52,62)(H,53,63)/t25-,31+,32+,36+,43+,44+,45+,46+/m0/s1. The van der Waals surface area contributed by atoms with Gasteiger partial charge in [0.05, 0.1) is 23.2 Å². The van der Waals surface area contributed by atoms with Gasteiger partial charge >= 0.3 is 0 Å². The molecule has 0 aromatic carbocycles. The largest absolute Gasteiger partial charge is 0.390 e. The molecular weight excluding hydrogens is 840 g/mol. The minimum atomic E-state index is -2.09. The van der Waals surface area contributed by atoms with Crippen molar-refractivity contribution in [3.05, 3.63) is 95.9 Å². The fraction of sp³-hybridized carbons (Fsp3) is 0.457. The summed E-state index contributed by atoms with van der Waals surface area (Å²) in [6.07, 6.45) is 11.8. The number of alkyl halides is 1. The number of aromatic nitrogens is 5. The van der Waals surface area contributed by atoms with Crippen LogP contribution in [0.15, 0.2) is 73.0 Å². The van der Waals surface area contributed by atoms with Crippen molar-refractivity contribution in [1.29, 1.82) is 0 Å². The number of rotatable bonds is 11. The predicted molar refractivity (Wildman–Crippen MR) is 237 cm³/mol. The number of imidazole rings is 1. The number of anilines is 3. The number of aliphatic hydroxyl groups is 2. The van der Waals surface area contributed by atoms with E-state index >= 15 is 4.39 Å². The maximum atomic E-state index is 17.5. The van der Waals surface area contributed by atoms with Crippen LogP contribution in [0.3, 0.4) is 0 Å². The Morgan fingerprint density at radius 2 is 1.34 bits per heavy atom. The molecule has 4 aromatic heterocycles. The van der Waals surface area contributed by atoms with Gasteiger partial charge in [0.25, 0.3) is 29.5 Å². The SMILES string of the molecule is C[C@H]1C[C@@H]2[C@H]3CCC4=CC(=O)C=C[C@@]4(C)[C@]3(F)[C@H](O)C[C@@]2(C)[C@]1(O)C(=O)NCCNC(=O)c1cc(NC(=O)c2cc(NC(=O)c3cc(NC(=O)c4nccn4C)cn3C)cn2C)cn1C. The van der Waals surface area contributed by atoms with E-state index in [2.05, 4.69) is 31.6 Å². The molecule has 4 heterocycles. The van der Waals surface area contributed by atoms with Gasteiger partial charge < -0.3 is 55.1 Å². The highest BCUT2D eigenvalue weighted by molar-refractivity contribution is 6.08. The quantitative estimate of drug-likeness (QED) is 0.109. The van der Waals surface area contributed by atoms with E-state index in [0.717, 1.165) is 0 Å². The number of carbonyl (C=O) groups is 6. The second-order valence-corrected chi connectivity index (χ2v) is 18.6. The highest BCUT2D eigenvalue weighted by Gasteiger charge is 2.75. The van der Waals surface area contributed by atoms with Crippen LogP contribution in [0.4, 0.5) is 21.5 Å². The van der Waals surface area contributed by atoms with Gasteiger partial charge in [-0.3, -0.25) is 28.8 Å². The van der Waals surface area contributed by atoms with Crippen molar-refractivity contribution in [3.63, 3.8) is 0 Å². The van der Waals surface area contributed by atoms with Crippen molar-refractivity contribution in [2.24, 2.45) is 56.8 Å². The van der Waals surface area contributed by atoms with Gasteiger partial charge in [-0.15, -0.1) is 0 Å². The fourth-order valence-electron chi connectivity index (χ4n) is 11.3. The number of allylic oxidation sites excluding steroid dienone is 4. The number of hydrogen-bond donors (Lipinski definition) is 7. The van der Waals surface area contributed by atoms with Crippen molar-refractivity contribution in [3.8, 4) is 0 Å². The number of aliphatic hydroxyl groups excluding tert-OH is 1. The molecule has 0 saturated heterocycles. The van der Waals surface area contributed by atoms with Crippen LogP contribution in [-0.2, 0) is 37.8 Å². The van der Waals surface area contributed by atoms with E-state index in [9.17, 15) is 39.0 Å². The predicted octanol–water partition coefficient (Wildman–Crippen LogP) is 3.39. The topological polar surface area (TPSA) is 236 Å².